The van der Waals surface area contributed by atoms with Crippen LogP contribution >= 0.6 is 0 Å². The summed E-state index contributed by atoms with van der Waals surface area (Å²) < 4.78 is 0. The normalized spacial score (nSPS) is 28.8. The quantitative estimate of drug-likeness (QED) is 0.569. The molecule has 0 aromatic heterocycles. The first-order valence-electron chi connectivity index (χ1n) is 3.72. The first-order valence-corrected chi connectivity index (χ1v) is 3.72. The summed E-state index contributed by atoms with van der Waals surface area (Å²) in [6.07, 6.45) is 0. The molecule has 0 bridgehead atoms. The lowest BCUT2D eigenvalue weighted by Crippen LogP contribution is -2.55. The molecule has 0 amide bonds. The van der Waals surface area contributed by atoms with Crippen LogP contribution < -0.4 is 11.0 Å². The average Bonchev–Trinajstić information content (AvgIpc) is 1.88. The minimum absolute atomic E-state index is 0.646. The van der Waals surface area contributed by atoms with E-state index >= 15 is 0 Å². The minimum atomic E-state index is 0.646. The van der Waals surface area contributed by atoms with E-state index in [1.807, 2.05) is 6.92 Å². The van der Waals surface area contributed by atoms with Crippen molar-refractivity contribution in [1.29, 1.82) is 0 Å². The third-order valence-corrected chi connectivity index (χ3v) is 1.42. The van der Waals surface area contributed by atoms with Crippen LogP contribution in [0.5, 0.6) is 0 Å². The van der Waals surface area contributed by atoms with Gasteiger partial charge in [-0.25, -0.2) is 5.43 Å². The summed E-state index contributed by atoms with van der Waals surface area (Å²) in [6, 6.07) is 0. The van der Waals surface area contributed by atoms with E-state index < -0.39 is 0 Å². The molecule has 10 heavy (non-hydrogen) atoms. The van der Waals surface area contributed by atoms with Crippen LogP contribution in [0.1, 0.15) is 13.8 Å². The number of hydrogen-bond donors (Lipinski definition) is 2. The van der Waals surface area contributed by atoms with Crippen LogP contribution in [0.2, 0.25) is 0 Å². The Morgan fingerprint density at radius 3 is 3.10 bits per heavy atom. The van der Waals surface area contributed by atoms with Crippen molar-refractivity contribution in [1.82, 2.24) is 16.1 Å². The predicted octanol–water partition coefficient (Wildman–Crippen LogP) is -0.101. The molecule has 0 spiro atoms. The summed E-state index contributed by atoms with van der Waals surface area (Å²) >= 11 is 0. The summed E-state index contributed by atoms with van der Waals surface area (Å²) in [7, 11) is 0. The Bertz CT molecular complexity index is 97.0. The molecule has 1 fully saturated rings. The van der Waals surface area contributed by atoms with E-state index in [1.165, 1.54) is 0 Å². The van der Waals surface area contributed by atoms with Crippen molar-refractivity contribution in [3.05, 3.63) is 0 Å². The van der Waals surface area contributed by atoms with Crippen molar-refractivity contribution in [3.63, 3.8) is 0 Å². The maximum Gasteiger partial charge on any atom is 0.0674 e. The molecule has 60 valence electrons. The van der Waals surface area contributed by atoms with Gasteiger partial charge in [0, 0.05) is 13.1 Å². The van der Waals surface area contributed by atoms with E-state index in [-0.39, 0.29) is 0 Å². The number of hydrogen-bond acceptors (Lipinski definition) is 4. The topological polar surface area (TPSA) is 36.5 Å². The standard InChI is InChI=1S/C6H15N3O/c1-3-10-9-5-6(2)4-7-8-9/h6-8H,3-5H2,1-2H3. The van der Waals surface area contributed by atoms with Crippen molar-refractivity contribution in [2.24, 2.45) is 5.92 Å². The zero-order valence-corrected chi connectivity index (χ0v) is 6.55. The van der Waals surface area contributed by atoms with Gasteiger partial charge in [-0.1, -0.05) is 6.92 Å². The third-order valence-electron chi connectivity index (χ3n) is 1.42. The van der Waals surface area contributed by atoms with E-state index in [4.69, 9.17) is 4.84 Å². The smallest absolute Gasteiger partial charge is 0.0674 e. The molecule has 0 aliphatic carbocycles. The highest BCUT2D eigenvalue weighted by atomic mass is 16.7. The third kappa shape index (κ3) is 2.22. The molecule has 1 unspecified atom stereocenters. The molecule has 1 aliphatic heterocycles. The lowest BCUT2D eigenvalue weighted by Gasteiger charge is -2.30. The van der Waals surface area contributed by atoms with Gasteiger partial charge in [0.2, 0.25) is 0 Å². The van der Waals surface area contributed by atoms with Gasteiger partial charge in [0.25, 0.3) is 0 Å². The molecule has 0 aromatic carbocycles. The molecular weight excluding hydrogens is 130 g/mol. The Morgan fingerprint density at radius 1 is 1.70 bits per heavy atom. The van der Waals surface area contributed by atoms with Crippen LogP contribution in [-0.4, -0.2) is 24.9 Å². The van der Waals surface area contributed by atoms with Crippen LogP contribution in [-0.2, 0) is 4.84 Å². The average molecular weight is 145 g/mol. The van der Waals surface area contributed by atoms with Gasteiger partial charge in [0.05, 0.1) is 6.61 Å². The van der Waals surface area contributed by atoms with E-state index in [1.54, 1.807) is 5.17 Å². The zero-order chi connectivity index (χ0) is 7.40. The molecule has 1 atom stereocenters. The molecule has 2 N–H and O–H groups in total. The number of hydroxylamine groups is 1. The molecule has 1 saturated heterocycles. The van der Waals surface area contributed by atoms with Crippen molar-refractivity contribution in [2.75, 3.05) is 19.7 Å². The molecule has 4 heteroatoms. The van der Waals surface area contributed by atoms with Gasteiger partial charge in [-0.05, 0) is 12.8 Å². The van der Waals surface area contributed by atoms with Crippen LogP contribution in [0.25, 0.3) is 0 Å². The largest absolute Gasteiger partial charge is 0.283 e. The second kappa shape index (κ2) is 3.88. The van der Waals surface area contributed by atoms with Gasteiger partial charge in [-0.15, -0.1) is 5.17 Å². The molecule has 1 rings (SSSR count). The molecule has 0 radical (unpaired) electrons. The molecule has 4 nitrogen and oxygen atoms in total. The summed E-state index contributed by atoms with van der Waals surface area (Å²) in [4.78, 5) is 5.21. The Balaban J connectivity index is 2.18. The summed E-state index contributed by atoms with van der Waals surface area (Å²) in [5, 5.41) is 1.73. The Kier molecular flexibility index (Phi) is 3.08. The predicted molar refractivity (Wildman–Crippen MR) is 38.6 cm³/mol. The second-order valence-electron chi connectivity index (χ2n) is 2.58. The molecule has 1 heterocycles. The summed E-state index contributed by atoms with van der Waals surface area (Å²) in [6.45, 7) is 6.81. The Hall–Kier alpha value is -0.160. The number of nitrogens with one attached hydrogen (secondary N) is 2. The Labute approximate surface area is 61.4 Å². The maximum absolute atomic E-state index is 5.21. The fraction of sp³-hybridized carbons (Fsp3) is 1.00. The van der Waals surface area contributed by atoms with E-state index in [9.17, 15) is 0 Å². The van der Waals surface area contributed by atoms with Crippen LogP contribution in [0, 0.1) is 5.92 Å². The molecular formula is C6H15N3O. The van der Waals surface area contributed by atoms with Gasteiger partial charge < -0.3 is 0 Å². The Morgan fingerprint density at radius 2 is 2.50 bits per heavy atom. The minimum Gasteiger partial charge on any atom is -0.283 e. The monoisotopic (exact) mass is 145 g/mol. The molecule has 0 aromatic rings. The number of hydrazine groups is 2. The van der Waals surface area contributed by atoms with Crippen molar-refractivity contribution in [2.45, 2.75) is 13.8 Å². The first-order chi connectivity index (χ1) is 4.83. The van der Waals surface area contributed by atoms with Crippen LogP contribution in [0.4, 0.5) is 0 Å². The SMILES string of the molecule is CCON1CC(C)CNN1. The van der Waals surface area contributed by atoms with E-state index in [0.717, 1.165) is 13.1 Å². The van der Waals surface area contributed by atoms with E-state index in [2.05, 4.69) is 17.9 Å². The highest BCUT2D eigenvalue weighted by molar-refractivity contribution is 4.59. The van der Waals surface area contributed by atoms with Crippen molar-refractivity contribution >= 4 is 0 Å². The van der Waals surface area contributed by atoms with Crippen molar-refractivity contribution in [3.8, 4) is 0 Å². The number of nitrogens with zero attached hydrogens (tertiary/aromatic N) is 1. The summed E-state index contributed by atoms with van der Waals surface area (Å²) in [5.41, 5.74) is 5.93. The zero-order valence-electron chi connectivity index (χ0n) is 6.55. The molecule has 0 saturated carbocycles. The lowest BCUT2D eigenvalue weighted by molar-refractivity contribution is -0.220. The summed E-state index contributed by atoms with van der Waals surface area (Å²) in [5.74, 6) is 0.646. The van der Waals surface area contributed by atoms with Gasteiger partial charge in [0.1, 0.15) is 0 Å². The van der Waals surface area contributed by atoms with Crippen molar-refractivity contribution < 1.29 is 4.84 Å². The fourth-order valence-corrected chi connectivity index (χ4v) is 0.942. The highest BCUT2D eigenvalue weighted by Crippen LogP contribution is 1.99. The number of rotatable bonds is 2. The second-order valence-corrected chi connectivity index (χ2v) is 2.58. The van der Waals surface area contributed by atoms with Crippen LogP contribution in [0.3, 0.4) is 0 Å². The maximum atomic E-state index is 5.21. The fourth-order valence-electron chi connectivity index (χ4n) is 0.942. The van der Waals surface area contributed by atoms with E-state index in [0.29, 0.717) is 12.5 Å². The highest BCUT2D eigenvalue weighted by Gasteiger charge is 2.14. The molecule has 1 aliphatic rings. The van der Waals surface area contributed by atoms with Gasteiger partial charge >= 0.3 is 0 Å². The van der Waals surface area contributed by atoms with Gasteiger partial charge in [-0.3, -0.25) is 4.84 Å². The van der Waals surface area contributed by atoms with Gasteiger partial charge in [-0.2, -0.15) is 5.53 Å². The first kappa shape index (κ1) is 7.94. The lowest BCUT2D eigenvalue weighted by atomic mass is 10.2. The van der Waals surface area contributed by atoms with Crippen LogP contribution in [0.15, 0.2) is 0 Å². The van der Waals surface area contributed by atoms with Gasteiger partial charge in [0.15, 0.2) is 0 Å².